The summed E-state index contributed by atoms with van der Waals surface area (Å²) in [4.78, 5) is 36.2. The van der Waals surface area contributed by atoms with Crippen LogP contribution in [-0.4, -0.2) is 36.8 Å². The van der Waals surface area contributed by atoms with Crippen LogP contribution in [0.5, 0.6) is 0 Å². The second kappa shape index (κ2) is 4.21. The van der Waals surface area contributed by atoms with Gasteiger partial charge in [-0.05, 0) is 23.8 Å². The van der Waals surface area contributed by atoms with Crippen LogP contribution in [-0.2, 0) is 14.3 Å². The molecule has 0 spiro atoms. The van der Waals surface area contributed by atoms with Crippen LogP contribution in [0.3, 0.4) is 0 Å². The number of carbonyl (C=O) groups is 3. The third-order valence-electron chi connectivity index (χ3n) is 2.87. The van der Waals surface area contributed by atoms with Crippen molar-refractivity contribution >= 4 is 17.8 Å². The fraction of sp³-hybridized carbons (Fsp3) is 0.250. The van der Waals surface area contributed by atoms with Gasteiger partial charge in [0, 0.05) is 12.6 Å². The Morgan fingerprint density at radius 1 is 1.39 bits per heavy atom. The van der Waals surface area contributed by atoms with Crippen LogP contribution in [0, 0.1) is 5.82 Å². The number of fused-ring (bicyclic) bond motifs is 1. The van der Waals surface area contributed by atoms with Crippen molar-refractivity contribution in [2.45, 2.75) is 5.92 Å². The smallest absolute Gasteiger partial charge is 0.322 e. The van der Waals surface area contributed by atoms with E-state index in [2.05, 4.69) is 4.74 Å². The minimum absolute atomic E-state index is 0.0509. The monoisotopic (exact) mass is 251 g/mol. The van der Waals surface area contributed by atoms with E-state index in [0.29, 0.717) is 0 Å². The van der Waals surface area contributed by atoms with Crippen molar-refractivity contribution in [1.82, 2.24) is 4.90 Å². The van der Waals surface area contributed by atoms with Gasteiger partial charge in [0.05, 0.1) is 7.11 Å². The predicted molar refractivity (Wildman–Crippen MR) is 58.3 cm³/mol. The first-order valence-corrected chi connectivity index (χ1v) is 5.16. The van der Waals surface area contributed by atoms with Crippen molar-refractivity contribution in [1.29, 1.82) is 0 Å². The number of rotatable bonds is 1. The van der Waals surface area contributed by atoms with Crippen LogP contribution in [0.25, 0.3) is 0 Å². The number of amides is 2. The molecule has 0 saturated heterocycles. The molecule has 2 amide bonds. The Morgan fingerprint density at radius 3 is 2.67 bits per heavy atom. The number of carbonyl (C=O) groups excluding carboxylic acids is 3. The van der Waals surface area contributed by atoms with Crippen LogP contribution in [0.15, 0.2) is 18.2 Å². The Balaban J connectivity index is 2.65. The number of benzene rings is 1. The summed E-state index contributed by atoms with van der Waals surface area (Å²) < 4.78 is 17.7. The lowest BCUT2D eigenvalue weighted by Gasteiger charge is -2.28. The van der Waals surface area contributed by atoms with Crippen molar-refractivity contribution in [3.05, 3.63) is 35.1 Å². The molecule has 1 unspecified atom stereocenters. The number of methoxy groups -OCH3 is 1. The van der Waals surface area contributed by atoms with E-state index in [-0.39, 0.29) is 11.1 Å². The summed E-state index contributed by atoms with van der Waals surface area (Å²) in [7, 11) is 2.40. The van der Waals surface area contributed by atoms with Gasteiger partial charge in [-0.2, -0.15) is 0 Å². The van der Waals surface area contributed by atoms with Gasteiger partial charge in [0.25, 0.3) is 5.91 Å². The second-order valence-electron chi connectivity index (χ2n) is 3.89. The first-order valence-electron chi connectivity index (χ1n) is 5.16. The third kappa shape index (κ3) is 1.66. The fourth-order valence-corrected chi connectivity index (χ4v) is 1.92. The Bertz CT molecular complexity index is 555. The second-order valence-corrected chi connectivity index (χ2v) is 3.89. The molecule has 0 saturated carbocycles. The molecule has 1 atom stereocenters. The standard InChI is InChI=1S/C12H10FNO4/c1-14-10(15)7-4-3-6(13)5-8(7)9(11(14)16)12(17)18-2/h3-5,9H,1-2H3. The van der Waals surface area contributed by atoms with Crippen molar-refractivity contribution in [2.75, 3.05) is 14.2 Å². The lowest BCUT2D eigenvalue weighted by molar-refractivity contribution is -0.148. The molecular formula is C12H10FNO4. The normalized spacial score (nSPS) is 18.6. The number of halogens is 1. The van der Waals surface area contributed by atoms with Crippen LogP contribution < -0.4 is 0 Å². The summed E-state index contributed by atoms with van der Waals surface area (Å²) in [5, 5.41) is 0. The maximum absolute atomic E-state index is 13.2. The van der Waals surface area contributed by atoms with Gasteiger partial charge in [0.15, 0.2) is 5.92 Å². The molecule has 1 aliphatic heterocycles. The van der Waals surface area contributed by atoms with E-state index in [4.69, 9.17) is 0 Å². The maximum Gasteiger partial charge on any atom is 0.322 e. The highest BCUT2D eigenvalue weighted by atomic mass is 19.1. The number of ether oxygens (including phenoxy) is 1. The van der Waals surface area contributed by atoms with E-state index >= 15 is 0 Å². The van der Waals surface area contributed by atoms with Crippen molar-refractivity contribution < 1.29 is 23.5 Å². The topological polar surface area (TPSA) is 63.7 Å². The molecule has 0 radical (unpaired) electrons. The summed E-state index contributed by atoms with van der Waals surface area (Å²) in [5.41, 5.74) is 0.184. The largest absolute Gasteiger partial charge is 0.468 e. The van der Waals surface area contributed by atoms with Crippen molar-refractivity contribution in [3.63, 3.8) is 0 Å². The number of likely N-dealkylation sites (N-methyl/N-ethyl adjacent to an activating group) is 1. The summed E-state index contributed by atoms with van der Waals surface area (Å²) in [6.45, 7) is 0. The summed E-state index contributed by atoms with van der Waals surface area (Å²) in [6, 6.07) is 3.38. The molecule has 0 aliphatic carbocycles. The van der Waals surface area contributed by atoms with Crippen molar-refractivity contribution in [2.24, 2.45) is 0 Å². The average molecular weight is 251 g/mol. The van der Waals surface area contributed by atoms with Gasteiger partial charge in [-0.25, -0.2) is 4.39 Å². The van der Waals surface area contributed by atoms with Crippen molar-refractivity contribution in [3.8, 4) is 0 Å². The molecule has 94 valence electrons. The SMILES string of the molecule is COC(=O)C1C(=O)N(C)C(=O)c2ccc(F)cc21. The molecule has 5 nitrogen and oxygen atoms in total. The molecule has 0 aromatic heterocycles. The lowest BCUT2D eigenvalue weighted by atomic mass is 9.88. The zero-order valence-corrected chi connectivity index (χ0v) is 9.77. The van der Waals surface area contributed by atoms with Crippen LogP contribution in [0.4, 0.5) is 4.39 Å². The summed E-state index contributed by atoms with van der Waals surface area (Å²) >= 11 is 0. The van der Waals surface area contributed by atoms with Gasteiger partial charge < -0.3 is 4.74 Å². The molecule has 18 heavy (non-hydrogen) atoms. The maximum atomic E-state index is 13.2. The van der Waals surface area contributed by atoms with Crippen LogP contribution in [0.1, 0.15) is 21.8 Å². The molecule has 1 aromatic carbocycles. The highest BCUT2D eigenvalue weighted by Crippen LogP contribution is 2.30. The highest BCUT2D eigenvalue weighted by Gasteiger charge is 2.41. The molecular weight excluding hydrogens is 241 g/mol. The molecule has 1 heterocycles. The quantitative estimate of drug-likeness (QED) is 0.418. The predicted octanol–water partition coefficient (Wildman–Crippen LogP) is 0.694. The average Bonchev–Trinajstić information content (AvgIpc) is 2.35. The molecule has 2 rings (SSSR count). The Labute approximate surface area is 102 Å². The van der Waals surface area contributed by atoms with Gasteiger partial charge in [-0.1, -0.05) is 0 Å². The molecule has 0 bridgehead atoms. The van der Waals surface area contributed by atoms with E-state index in [1.807, 2.05) is 0 Å². The number of imide groups is 1. The molecule has 1 aliphatic rings. The van der Waals surface area contributed by atoms with E-state index in [0.717, 1.165) is 24.1 Å². The summed E-state index contributed by atoms with van der Waals surface area (Å²) in [6.07, 6.45) is 0. The lowest BCUT2D eigenvalue weighted by Crippen LogP contribution is -2.45. The molecule has 1 aromatic rings. The Morgan fingerprint density at radius 2 is 2.06 bits per heavy atom. The zero-order valence-electron chi connectivity index (χ0n) is 9.77. The number of hydrogen-bond acceptors (Lipinski definition) is 4. The number of esters is 1. The number of hydrogen-bond donors (Lipinski definition) is 0. The van der Waals surface area contributed by atoms with Crippen LogP contribution >= 0.6 is 0 Å². The van der Waals surface area contributed by atoms with Gasteiger partial charge in [-0.15, -0.1) is 0 Å². The Hall–Kier alpha value is -2.24. The minimum Gasteiger partial charge on any atom is -0.468 e. The summed E-state index contributed by atoms with van der Waals surface area (Å²) in [5.74, 6) is -4.00. The van der Waals surface area contributed by atoms with E-state index < -0.39 is 29.5 Å². The van der Waals surface area contributed by atoms with Crippen LogP contribution in [0.2, 0.25) is 0 Å². The minimum atomic E-state index is -1.29. The molecule has 0 fully saturated rings. The first kappa shape index (κ1) is 12.2. The third-order valence-corrected chi connectivity index (χ3v) is 2.87. The van der Waals surface area contributed by atoms with E-state index in [9.17, 15) is 18.8 Å². The van der Waals surface area contributed by atoms with Gasteiger partial charge in [0.1, 0.15) is 5.82 Å². The van der Waals surface area contributed by atoms with E-state index in [1.165, 1.54) is 13.1 Å². The number of nitrogens with zero attached hydrogens (tertiary/aromatic N) is 1. The van der Waals surface area contributed by atoms with Gasteiger partial charge in [-0.3, -0.25) is 19.3 Å². The fourth-order valence-electron chi connectivity index (χ4n) is 1.92. The van der Waals surface area contributed by atoms with E-state index in [1.54, 1.807) is 0 Å². The molecule has 0 N–H and O–H groups in total. The first-order chi connectivity index (χ1) is 8.47. The van der Waals surface area contributed by atoms with Gasteiger partial charge >= 0.3 is 5.97 Å². The zero-order chi connectivity index (χ0) is 13.4. The Kier molecular flexibility index (Phi) is 2.86. The molecule has 6 heteroatoms. The van der Waals surface area contributed by atoms with Gasteiger partial charge in [0.2, 0.25) is 5.91 Å². The highest BCUT2D eigenvalue weighted by molar-refractivity contribution is 6.17.